The van der Waals surface area contributed by atoms with Gasteiger partial charge in [-0.05, 0) is 30.0 Å². The predicted octanol–water partition coefficient (Wildman–Crippen LogP) is 5.32. The number of fused-ring (bicyclic) bond motifs is 2. The fourth-order valence-electron chi connectivity index (χ4n) is 3.26. The van der Waals surface area contributed by atoms with Crippen LogP contribution in [0, 0.1) is 0 Å². The summed E-state index contributed by atoms with van der Waals surface area (Å²) >= 11 is 0. The number of hydrogen-bond donors (Lipinski definition) is 1. The number of alkyl halides is 3. The first kappa shape index (κ1) is 18.0. The van der Waals surface area contributed by atoms with Crippen molar-refractivity contribution in [1.82, 2.24) is 9.38 Å². The van der Waals surface area contributed by atoms with Crippen LogP contribution < -0.4 is 5.32 Å². The van der Waals surface area contributed by atoms with Gasteiger partial charge in [-0.2, -0.15) is 13.2 Å². The number of benzene rings is 2. The van der Waals surface area contributed by atoms with Crippen LogP contribution in [0.1, 0.15) is 28.7 Å². The molecule has 7 heteroatoms. The number of halogens is 3. The lowest BCUT2D eigenvalue weighted by Gasteiger charge is -2.11. The minimum absolute atomic E-state index is 0.108. The number of nitrogens with one attached hydrogen (secondary N) is 1. The molecule has 0 unspecified atom stereocenters. The highest BCUT2D eigenvalue weighted by molar-refractivity contribution is 6.09. The van der Waals surface area contributed by atoms with Crippen LogP contribution in [0.5, 0.6) is 0 Å². The summed E-state index contributed by atoms with van der Waals surface area (Å²) in [6.07, 6.45) is -3.17. The topological polar surface area (TPSA) is 46.4 Å². The van der Waals surface area contributed by atoms with Crippen LogP contribution in [0.2, 0.25) is 0 Å². The molecule has 0 saturated carbocycles. The second-order valence-corrected chi connectivity index (χ2v) is 6.39. The molecule has 4 aromatic rings. The van der Waals surface area contributed by atoms with E-state index in [1.807, 2.05) is 36.4 Å². The zero-order valence-electron chi connectivity index (χ0n) is 14.9. The van der Waals surface area contributed by atoms with Crippen LogP contribution >= 0.6 is 0 Å². The second kappa shape index (κ2) is 6.67. The summed E-state index contributed by atoms with van der Waals surface area (Å²) in [4.78, 5) is 17.3. The number of nitrogens with zero attached hydrogens (tertiary/aromatic N) is 2. The number of pyridine rings is 1. The zero-order chi connectivity index (χ0) is 19.9. The molecule has 0 bridgehead atoms. The van der Waals surface area contributed by atoms with Crippen LogP contribution in [-0.4, -0.2) is 15.3 Å². The van der Waals surface area contributed by atoms with Gasteiger partial charge in [0, 0.05) is 17.3 Å². The van der Waals surface area contributed by atoms with Crippen molar-refractivity contribution >= 4 is 28.0 Å². The van der Waals surface area contributed by atoms with E-state index in [4.69, 9.17) is 0 Å². The van der Waals surface area contributed by atoms with Crippen LogP contribution in [-0.2, 0) is 12.6 Å². The number of hydrogen-bond acceptors (Lipinski definition) is 2. The Morgan fingerprint density at radius 1 is 1.07 bits per heavy atom. The van der Waals surface area contributed by atoms with Crippen LogP contribution in [0.4, 0.5) is 18.9 Å². The minimum Gasteiger partial charge on any atom is -0.320 e. The summed E-state index contributed by atoms with van der Waals surface area (Å²) < 4.78 is 40.6. The summed E-state index contributed by atoms with van der Waals surface area (Å²) in [6, 6.07) is 15.3. The molecule has 28 heavy (non-hydrogen) atoms. The van der Waals surface area contributed by atoms with E-state index in [1.54, 1.807) is 13.0 Å². The molecule has 0 aliphatic heterocycles. The lowest BCUT2D eigenvalue weighted by atomic mass is 10.1. The summed E-state index contributed by atoms with van der Waals surface area (Å²) in [5, 5.41) is 4.63. The van der Waals surface area contributed by atoms with Crippen molar-refractivity contribution in [3.05, 3.63) is 77.7 Å². The molecule has 142 valence electrons. The highest BCUT2D eigenvalue weighted by atomic mass is 19.4. The summed E-state index contributed by atoms with van der Waals surface area (Å²) in [5.41, 5.74) is 0.604. The van der Waals surface area contributed by atoms with Gasteiger partial charge < -0.3 is 5.32 Å². The van der Waals surface area contributed by atoms with Gasteiger partial charge in [-0.15, -0.1) is 0 Å². The van der Waals surface area contributed by atoms with Gasteiger partial charge in [-0.3, -0.25) is 9.20 Å². The molecule has 4 nitrogen and oxygen atoms in total. The number of carbonyl (C=O) groups excluding carboxylic acids is 1. The Bertz CT molecular complexity index is 1190. The SMILES string of the molecule is CCc1nc2ccc(C(F)(F)F)cn2c1C(=O)Nc1cccc2ccccc12. The summed E-state index contributed by atoms with van der Waals surface area (Å²) in [5.74, 6) is -0.500. The Hall–Kier alpha value is -3.35. The van der Waals surface area contributed by atoms with Crippen molar-refractivity contribution in [3.8, 4) is 0 Å². The first-order valence-electron chi connectivity index (χ1n) is 8.76. The Balaban J connectivity index is 1.82. The van der Waals surface area contributed by atoms with E-state index < -0.39 is 17.6 Å². The summed E-state index contributed by atoms with van der Waals surface area (Å²) in [7, 11) is 0. The smallest absolute Gasteiger partial charge is 0.320 e. The predicted molar refractivity (Wildman–Crippen MR) is 101 cm³/mol. The van der Waals surface area contributed by atoms with Gasteiger partial charge in [0.15, 0.2) is 0 Å². The highest BCUT2D eigenvalue weighted by Crippen LogP contribution is 2.30. The molecule has 0 atom stereocenters. The van der Waals surface area contributed by atoms with Gasteiger partial charge in [0.05, 0.1) is 11.3 Å². The first-order chi connectivity index (χ1) is 13.4. The third-order valence-corrected chi connectivity index (χ3v) is 4.61. The molecule has 2 heterocycles. The van der Waals surface area contributed by atoms with Crippen molar-refractivity contribution in [1.29, 1.82) is 0 Å². The number of rotatable bonds is 3. The normalized spacial score (nSPS) is 11.9. The molecular weight excluding hydrogens is 367 g/mol. The lowest BCUT2D eigenvalue weighted by Crippen LogP contribution is -2.17. The molecule has 2 aromatic carbocycles. The van der Waals surface area contributed by atoms with E-state index in [9.17, 15) is 18.0 Å². The fourth-order valence-corrected chi connectivity index (χ4v) is 3.26. The first-order valence-corrected chi connectivity index (χ1v) is 8.76. The maximum atomic E-state index is 13.1. The standard InChI is InChI=1S/C21H16F3N3O/c1-2-16-19(27-12-14(21(22,23)24)10-11-18(27)25-16)20(28)26-17-9-5-7-13-6-3-4-8-15(13)17/h3-12H,2H2,1H3,(H,26,28). The average Bonchev–Trinajstić information content (AvgIpc) is 3.05. The van der Waals surface area contributed by atoms with Crippen molar-refractivity contribution < 1.29 is 18.0 Å². The van der Waals surface area contributed by atoms with Crippen molar-refractivity contribution in [2.24, 2.45) is 0 Å². The number of aromatic nitrogens is 2. The van der Waals surface area contributed by atoms with E-state index in [-0.39, 0.29) is 5.69 Å². The van der Waals surface area contributed by atoms with E-state index in [1.165, 1.54) is 10.5 Å². The van der Waals surface area contributed by atoms with Crippen LogP contribution in [0.25, 0.3) is 16.4 Å². The van der Waals surface area contributed by atoms with Gasteiger partial charge in [-0.1, -0.05) is 43.3 Å². The largest absolute Gasteiger partial charge is 0.417 e. The van der Waals surface area contributed by atoms with E-state index in [0.29, 0.717) is 23.4 Å². The van der Waals surface area contributed by atoms with Gasteiger partial charge in [0.1, 0.15) is 11.3 Å². The number of amides is 1. The molecule has 0 radical (unpaired) electrons. The van der Waals surface area contributed by atoms with E-state index >= 15 is 0 Å². The Kier molecular flexibility index (Phi) is 4.30. The molecule has 0 fully saturated rings. The second-order valence-electron chi connectivity index (χ2n) is 6.39. The molecule has 4 rings (SSSR count). The maximum absolute atomic E-state index is 13.1. The number of imidazole rings is 1. The molecule has 0 aliphatic rings. The van der Waals surface area contributed by atoms with Crippen molar-refractivity contribution in [2.75, 3.05) is 5.32 Å². The highest BCUT2D eigenvalue weighted by Gasteiger charge is 2.32. The fraction of sp³-hybridized carbons (Fsp3) is 0.143. The van der Waals surface area contributed by atoms with Crippen molar-refractivity contribution in [2.45, 2.75) is 19.5 Å². The Labute approximate surface area is 158 Å². The third kappa shape index (κ3) is 3.09. The lowest BCUT2D eigenvalue weighted by molar-refractivity contribution is -0.137. The van der Waals surface area contributed by atoms with Gasteiger partial charge in [0.25, 0.3) is 5.91 Å². The monoisotopic (exact) mass is 383 g/mol. The van der Waals surface area contributed by atoms with Crippen LogP contribution in [0.3, 0.4) is 0 Å². The number of carbonyl (C=O) groups is 1. The van der Waals surface area contributed by atoms with E-state index in [0.717, 1.165) is 23.0 Å². The van der Waals surface area contributed by atoms with Gasteiger partial charge in [-0.25, -0.2) is 4.98 Å². The summed E-state index contributed by atoms with van der Waals surface area (Å²) in [6.45, 7) is 1.81. The third-order valence-electron chi connectivity index (χ3n) is 4.61. The minimum atomic E-state index is -4.51. The van der Waals surface area contributed by atoms with Gasteiger partial charge in [0.2, 0.25) is 0 Å². The average molecular weight is 383 g/mol. The van der Waals surface area contributed by atoms with E-state index in [2.05, 4.69) is 10.3 Å². The van der Waals surface area contributed by atoms with Crippen LogP contribution in [0.15, 0.2) is 60.8 Å². The molecule has 0 saturated heterocycles. The molecular formula is C21H16F3N3O. The molecule has 2 aromatic heterocycles. The molecule has 0 aliphatic carbocycles. The number of aryl methyl sites for hydroxylation is 1. The number of anilines is 1. The Morgan fingerprint density at radius 2 is 1.82 bits per heavy atom. The molecule has 0 spiro atoms. The maximum Gasteiger partial charge on any atom is 0.417 e. The van der Waals surface area contributed by atoms with Crippen molar-refractivity contribution in [3.63, 3.8) is 0 Å². The molecule has 1 N–H and O–H groups in total. The Morgan fingerprint density at radius 3 is 2.57 bits per heavy atom. The molecule has 1 amide bonds. The quantitative estimate of drug-likeness (QED) is 0.520. The van der Waals surface area contributed by atoms with Gasteiger partial charge >= 0.3 is 6.18 Å². The zero-order valence-corrected chi connectivity index (χ0v) is 14.9.